The summed E-state index contributed by atoms with van der Waals surface area (Å²) in [7, 11) is 0. The SMILES string of the molecule is CC(=O)OC1O[C@@H](COC(=O)c2ccccc2)[C@H](OC(=O)c2ccccc2)[C@@H]1F. The van der Waals surface area contributed by atoms with Gasteiger partial charge in [-0.1, -0.05) is 36.4 Å². The molecule has 3 rings (SSSR count). The van der Waals surface area contributed by atoms with E-state index in [0.717, 1.165) is 6.92 Å². The largest absolute Gasteiger partial charge is 0.459 e. The van der Waals surface area contributed by atoms with E-state index in [9.17, 15) is 18.8 Å². The first-order valence-corrected chi connectivity index (χ1v) is 8.90. The lowest BCUT2D eigenvalue weighted by molar-refractivity contribution is -0.182. The van der Waals surface area contributed by atoms with Crippen LogP contribution in [0.15, 0.2) is 60.7 Å². The highest BCUT2D eigenvalue weighted by molar-refractivity contribution is 5.90. The Labute approximate surface area is 166 Å². The van der Waals surface area contributed by atoms with Crippen molar-refractivity contribution in [2.24, 2.45) is 0 Å². The molecule has 1 unspecified atom stereocenters. The van der Waals surface area contributed by atoms with E-state index in [2.05, 4.69) is 0 Å². The van der Waals surface area contributed by atoms with Crippen molar-refractivity contribution in [1.29, 1.82) is 0 Å². The van der Waals surface area contributed by atoms with Gasteiger partial charge in [-0.05, 0) is 24.3 Å². The van der Waals surface area contributed by atoms with Gasteiger partial charge in [0.25, 0.3) is 0 Å². The van der Waals surface area contributed by atoms with Gasteiger partial charge >= 0.3 is 17.9 Å². The summed E-state index contributed by atoms with van der Waals surface area (Å²) in [5, 5.41) is 0. The van der Waals surface area contributed by atoms with Crippen LogP contribution in [0.25, 0.3) is 0 Å². The van der Waals surface area contributed by atoms with Gasteiger partial charge in [0.05, 0.1) is 11.1 Å². The normalized spacial score (nSPS) is 23.2. The average molecular weight is 402 g/mol. The Morgan fingerprint density at radius 1 is 0.897 bits per heavy atom. The van der Waals surface area contributed by atoms with Crippen molar-refractivity contribution >= 4 is 17.9 Å². The first-order chi connectivity index (χ1) is 14.0. The van der Waals surface area contributed by atoms with Gasteiger partial charge in [0, 0.05) is 6.92 Å². The molecule has 0 aliphatic carbocycles. The number of halogens is 1. The Morgan fingerprint density at radius 3 is 2.00 bits per heavy atom. The second-order valence-electron chi connectivity index (χ2n) is 6.30. The number of esters is 3. The van der Waals surface area contributed by atoms with E-state index < -0.39 is 49.2 Å². The smallest absolute Gasteiger partial charge is 0.338 e. The molecule has 0 amide bonds. The highest BCUT2D eigenvalue weighted by Crippen LogP contribution is 2.29. The molecule has 1 fully saturated rings. The Morgan fingerprint density at radius 2 is 1.45 bits per heavy atom. The lowest BCUT2D eigenvalue weighted by Crippen LogP contribution is -2.37. The molecule has 7 nitrogen and oxygen atoms in total. The van der Waals surface area contributed by atoms with Crippen LogP contribution in [0.5, 0.6) is 0 Å². The summed E-state index contributed by atoms with van der Waals surface area (Å²) in [5.41, 5.74) is 0.521. The Kier molecular flexibility index (Phi) is 6.56. The van der Waals surface area contributed by atoms with Gasteiger partial charge in [0.2, 0.25) is 12.5 Å². The van der Waals surface area contributed by atoms with E-state index in [-0.39, 0.29) is 5.56 Å². The van der Waals surface area contributed by atoms with Crippen LogP contribution in [0.1, 0.15) is 27.6 Å². The molecule has 4 atom stereocenters. The second-order valence-corrected chi connectivity index (χ2v) is 6.30. The van der Waals surface area contributed by atoms with Crippen molar-refractivity contribution < 1.29 is 37.7 Å². The van der Waals surface area contributed by atoms with Crippen molar-refractivity contribution in [2.75, 3.05) is 6.61 Å². The molecule has 0 bridgehead atoms. The van der Waals surface area contributed by atoms with Gasteiger partial charge in [0.15, 0.2) is 6.10 Å². The van der Waals surface area contributed by atoms with Gasteiger partial charge in [-0.25, -0.2) is 14.0 Å². The number of hydrogen-bond donors (Lipinski definition) is 0. The van der Waals surface area contributed by atoms with Gasteiger partial charge in [0.1, 0.15) is 12.7 Å². The van der Waals surface area contributed by atoms with Gasteiger partial charge in [-0.3, -0.25) is 4.79 Å². The number of benzene rings is 2. The molecule has 1 heterocycles. The molecule has 8 heteroatoms. The quantitative estimate of drug-likeness (QED) is 0.542. The number of hydrogen-bond acceptors (Lipinski definition) is 7. The zero-order chi connectivity index (χ0) is 20.8. The fourth-order valence-electron chi connectivity index (χ4n) is 2.80. The highest BCUT2D eigenvalue weighted by atomic mass is 19.1. The number of carbonyl (C=O) groups excluding carboxylic acids is 3. The molecule has 0 spiro atoms. The molecule has 0 saturated carbocycles. The zero-order valence-corrected chi connectivity index (χ0v) is 15.5. The van der Waals surface area contributed by atoms with Crippen LogP contribution >= 0.6 is 0 Å². The van der Waals surface area contributed by atoms with E-state index in [1.807, 2.05) is 0 Å². The number of carbonyl (C=O) groups is 3. The summed E-state index contributed by atoms with van der Waals surface area (Å²) in [6.07, 6.45) is -6.07. The van der Waals surface area contributed by atoms with Crippen LogP contribution in [0, 0.1) is 0 Å². The van der Waals surface area contributed by atoms with Crippen molar-refractivity contribution in [3.63, 3.8) is 0 Å². The highest BCUT2D eigenvalue weighted by Gasteiger charge is 2.50. The maximum absolute atomic E-state index is 14.8. The van der Waals surface area contributed by atoms with E-state index in [1.54, 1.807) is 48.5 Å². The third-order valence-corrected chi connectivity index (χ3v) is 4.17. The molecule has 152 valence electrons. The Hall–Kier alpha value is -3.26. The van der Waals surface area contributed by atoms with Crippen LogP contribution in [0.3, 0.4) is 0 Å². The zero-order valence-electron chi connectivity index (χ0n) is 15.5. The van der Waals surface area contributed by atoms with Gasteiger partial charge < -0.3 is 18.9 Å². The fraction of sp³-hybridized carbons (Fsp3) is 0.286. The lowest BCUT2D eigenvalue weighted by atomic mass is 10.1. The second kappa shape index (κ2) is 9.29. The minimum atomic E-state index is -1.94. The predicted octanol–water partition coefficient (Wildman–Crippen LogP) is 2.70. The number of rotatable bonds is 6. The minimum Gasteiger partial charge on any atom is -0.459 e. The molecule has 2 aromatic carbocycles. The van der Waals surface area contributed by atoms with Crippen molar-refractivity contribution in [1.82, 2.24) is 0 Å². The van der Waals surface area contributed by atoms with E-state index in [1.165, 1.54) is 12.1 Å². The monoisotopic (exact) mass is 402 g/mol. The molecule has 0 N–H and O–H groups in total. The third kappa shape index (κ3) is 5.17. The molecular formula is C21H19FO7. The Balaban J connectivity index is 1.70. The van der Waals surface area contributed by atoms with Crippen molar-refractivity contribution in [3.8, 4) is 0 Å². The first-order valence-electron chi connectivity index (χ1n) is 8.90. The molecule has 1 saturated heterocycles. The van der Waals surface area contributed by atoms with E-state index in [0.29, 0.717) is 5.56 Å². The third-order valence-electron chi connectivity index (χ3n) is 4.17. The lowest BCUT2D eigenvalue weighted by Gasteiger charge is -2.19. The maximum Gasteiger partial charge on any atom is 0.338 e. The summed E-state index contributed by atoms with van der Waals surface area (Å²) >= 11 is 0. The Bertz CT molecular complexity index is 856. The van der Waals surface area contributed by atoms with Gasteiger partial charge in [-0.15, -0.1) is 0 Å². The first kappa shape index (κ1) is 20.5. The predicted molar refractivity (Wildman–Crippen MR) is 97.7 cm³/mol. The summed E-state index contributed by atoms with van der Waals surface area (Å²) in [6, 6.07) is 16.2. The summed E-state index contributed by atoms with van der Waals surface area (Å²) in [4.78, 5) is 35.6. The summed E-state index contributed by atoms with van der Waals surface area (Å²) < 4.78 is 35.3. The number of alkyl halides is 1. The molecule has 1 aliphatic heterocycles. The molecule has 1 aliphatic rings. The fourth-order valence-corrected chi connectivity index (χ4v) is 2.80. The molecule has 2 aromatic rings. The van der Waals surface area contributed by atoms with Gasteiger partial charge in [-0.2, -0.15) is 0 Å². The topological polar surface area (TPSA) is 88.1 Å². The molecule has 0 aromatic heterocycles. The average Bonchev–Trinajstić information content (AvgIpc) is 3.01. The van der Waals surface area contributed by atoms with E-state index in [4.69, 9.17) is 18.9 Å². The maximum atomic E-state index is 14.8. The van der Waals surface area contributed by atoms with Crippen molar-refractivity contribution in [3.05, 3.63) is 71.8 Å². The van der Waals surface area contributed by atoms with Crippen molar-refractivity contribution in [2.45, 2.75) is 31.6 Å². The summed E-state index contributed by atoms with van der Waals surface area (Å²) in [6.45, 7) is 0.711. The standard InChI is InChI=1S/C21H19FO7/c1-13(23)27-21-17(22)18(29-20(25)15-10-6-3-7-11-15)16(28-21)12-26-19(24)14-8-4-2-5-9-14/h2-11,16-18,21H,12H2,1H3/t16-,17-,18-,21?/m0/s1. The summed E-state index contributed by atoms with van der Waals surface area (Å²) in [5.74, 6) is -2.17. The van der Waals surface area contributed by atoms with Crippen LogP contribution in [0.2, 0.25) is 0 Å². The van der Waals surface area contributed by atoms with E-state index >= 15 is 0 Å². The number of ether oxygens (including phenoxy) is 4. The molecule has 0 radical (unpaired) electrons. The van der Waals surface area contributed by atoms with Crippen LogP contribution in [0.4, 0.5) is 4.39 Å². The molecule has 29 heavy (non-hydrogen) atoms. The minimum absolute atomic E-state index is 0.218. The van der Waals surface area contributed by atoms with Crippen LogP contribution in [-0.4, -0.2) is 49.2 Å². The molecular weight excluding hydrogens is 383 g/mol. The van der Waals surface area contributed by atoms with Crippen LogP contribution in [-0.2, 0) is 23.7 Å². The van der Waals surface area contributed by atoms with Crippen LogP contribution < -0.4 is 0 Å².